The van der Waals surface area contributed by atoms with Crippen LogP contribution in [0, 0.1) is 0 Å². The summed E-state index contributed by atoms with van der Waals surface area (Å²) < 4.78 is 31.5. The maximum Gasteiger partial charge on any atom is 0.253 e. The minimum Gasteiger partial charge on any atom is -0.379 e. The predicted octanol–water partition coefficient (Wildman–Crippen LogP) is 0.599. The van der Waals surface area contributed by atoms with Gasteiger partial charge in [0.05, 0.1) is 23.7 Å². The Morgan fingerprint density at radius 3 is 2.46 bits per heavy atom. The third kappa shape index (κ3) is 4.83. The van der Waals surface area contributed by atoms with Crippen LogP contribution < -0.4 is 10.2 Å². The molecule has 2 fully saturated rings. The zero-order chi connectivity index (χ0) is 20.1. The maximum atomic E-state index is 12.9. The fourth-order valence-corrected chi connectivity index (χ4v) is 4.48. The van der Waals surface area contributed by atoms with Crippen LogP contribution >= 0.6 is 0 Å². The summed E-state index contributed by atoms with van der Waals surface area (Å²) in [5.41, 5.74) is 1.23. The molecule has 8 nitrogen and oxygen atoms in total. The molecular weight excluding hydrogens is 380 g/mol. The Morgan fingerprint density at radius 1 is 1.14 bits per heavy atom. The van der Waals surface area contributed by atoms with Gasteiger partial charge in [-0.3, -0.25) is 9.69 Å². The van der Waals surface area contributed by atoms with Crippen molar-refractivity contribution in [2.75, 3.05) is 71.5 Å². The van der Waals surface area contributed by atoms with Gasteiger partial charge in [-0.05, 0) is 31.0 Å². The first-order valence-electron chi connectivity index (χ1n) is 9.79. The van der Waals surface area contributed by atoms with Crippen LogP contribution in [-0.4, -0.2) is 90.1 Å². The topological polar surface area (TPSA) is 82.2 Å². The van der Waals surface area contributed by atoms with Crippen molar-refractivity contribution in [3.63, 3.8) is 0 Å². The summed E-state index contributed by atoms with van der Waals surface area (Å²) in [6.07, 6.45) is 2.16. The van der Waals surface area contributed by atoms with Crippen molar-refractivity contribution in [1.82, 2.24) is 14.5 Å². The average molecular weight is 411 g/mol. The lowest BCUT2D eigenvalue weighted by atomic mass is 10.1. The van der Waals surface area contributed by atoms with E-state index in [-0.39, 0.29) is 10.8 Å². The number of nitrogens with one attached hydrogen (secondary N) is 1. The molecule has 0 atom stereocenters. The number of rotatable bonds is 7. The van der Waals surface area contributed by atoms with Crippen molar-refractivity contribution in [2.45, 2.75) is 17.7 Å². The van der Waals surface area contributed by atoms with Crippen LogP contribution in [0.5, 0.6) is 0 Å². The lowest BCUT2D eigenvalue weighted by molar-refractivity contribution is 0.0383. The van der Waals surface area contributed by atoms with E-state index in [4.69, 9.17) is 4.74 Å². The highest BCUT2D eigenvalue weighted by atomic mass is 32.2. The van der Waals surface area contributed by atoms with E-state index in [0.717, 1.165) is 68.8 Å². The second-order valence-electron chi connectivity index (χ2n) is 7.37. The second kappa shape index (κ2) is 9.21. The number of morpholine rings is 1. The fraction of sp³-hybridized carbons (Fsp3) is 0.632. The SMILES string of the molecule is CN(C)S(=O)(=O)c1ccc(N2CCCC2)c(C(=O)NCCN2CCOCC2)c1. The van der Waals surface area contributed by atoms with Crippen molar-refractivity contribution in [2.24, 2.45) is 0 Å². The highest BCUT2D eigenvalue weighted by Crippen LogP contribution is 2.28. The quantitative estimate of drug-likeness (QED) is 0.709. The molecule has 0 saturated carbocycles. The van der Waals surface area contributed by atoms with Crippen LogP contribution in [0.4, 0.5) is 5.69 Å². The summed E-state index contributed by atoms with van der Waals surface area (Å²) in [5.74, 6) is -0.231. The maximum absolute atomic E-state index is 12.9. The number of sulfonamides is 1. The van der Waals surface area contributed by atoms with Crippen LogP contribution in [0.1, 0.15) is 23.2 Å². The summed E-state index contributed by atoms with van der Waals surface area (Å²) in [6.45, 7) is 6.21. The van der Waals surface area contributed by atoms with Crippen molar-refractivity contribution in [1.29, 1.82) is 0 Å². The van der Waals surface area contributed by atoms with Gasteiger partial charge in [0.2, 0.25) is 10.0 Å². The van der Waals surface area contributed by atoms with E-state index < -0.39 is 10.0 Å². The number of hydrogen-bond donors (Lipinski definition) is 1. The van der Waals surface area contributed by atoms with Crippen LogP contribution in [0.25, 0.3) is 0 Å². The molecule has 1 aromatic carbocycles. The molecule has 156 valence electrons. The van der Waals surface area contributed by atoms with Crippen molar-refractivity contribution in [3.05, 3.63) is 23.8 Å². The lowest BCUT2D eigenvalue weighted by Gasteiger charge is -2.26. The molecule has 3 rings (SSSR count). The number of carbonyl (C=O) groups is 1. The van der Waals surface area contributed by atoms with Gasteiger partial charge in [0.15, 0.2) is 0 Å². The van der Waals surface area contributed by atoms with E-state index in [1.165, 1.54) is 20.2 Å². The zero-order valence-corrected chi connectivity index (χ0v) is 17.5. The van der Waals surface area contributed by atoms with Crippen LogP contribution in [0.15, 0.2) is 23.1 Å². The number of anilines is 1. The second-order valence-corrected chi connectivity index (χ2v) is 9.52. The molecule has 2 heterocycles. The molecule has 28 heavy (non-hydrogen) atoms. The summed E-state index contributed by atoms with van der Waals surface area (Å²) in [4.78, 5) is 17.5. The first-order valence-corrected chi connectivity index (χ1v) is 11.2. The minimum absolute atomic E-state index is 0.138. The molecule has 0 unspecified atom stereocenters. The molecule has 9 heteroatoms. The van der Waals surface area contributed by atoms with Crippen LogP contribution in [0.2, 0.25) is 0 Å². The van der Waals surface area contributed by atoms with E-state index in [1.807, 2.05) is 0 Å². The number of benzene rings is 1. The number of hydrogen-bond acceptors (Lipinski definition) is 6. The number of nitrogens with zero attached hydrogens (tertiary/aromatic N) is 3. The highest BCUT2D eigenvalue weighted by Gasteiger charge is 2.24. The molecule has 0 spiro atoms. The first kappa shape index (κ1) is 21.0. The molecule has 0 radical (unpaired) electrons. The first-order chi connectivity index (χ1) is 13.4. The lowest BCUT2D eigenvalue weighted by Crippen LogP contribution is -2.41. The average Bonchev–Trinajstić information content (AvgIpc) is 3.22. The standard InChI is InChI=1S/C19H30N4O4S/c1-21(2)28(25,26)16-5-6-18(23-8-3-4-9-23)17(15-16)19(24)20-7-10-22-11-13-27-14-12-22/h5-6,15H,3-4,7-14H2,1-2H3,(H,20,24). The normalized spacial score (nSPS) is 18.6. The summed E-state index contributed by atoms with van der Waals surface area (Å²) in [7, 11) is -0.614. The monoisotopic (exact) mass is 410 g/mol. The van der Waals surface area contributed by atoms with Crippen molar-refractivity contribution >= 4 is 21.6 Å². The van der Waals surface area contributed by atoms with E-state index in [9.17, 15) is 13.2 Å². The van der Waals surface area contributed by atoms with Gasteiger partial charge < -0.3 is 15.0 Å². The molecule has 1 N–H and O–H groups in total. The van der Waals surface area contributed by atoms with Gasteiger partial charge >= 0.3 is 0 Å². The van der Waals surface area contributed by atoms with Crippen LogP contribution in [-0.2, 0) is 14.8 Å². The molecule has 1 aromatic rings. The van der Waals surface area contributed by atoms with Gasteiger partial charge in [0.25, 0.3) is 5.91 Å². The molecular formula is C19H30N4O4S. The largest absolute Gasteiger partial charge is 0.379 e. The van der Waals surface area contributed by atoms with E-state index >= 15 is 0 Å². The molecule has 1 amide bonds. The van der Waals surface area contributed by atoms with Gasteiger partial charge in [-0.2, -0.15) is 0 Å². The highest BCUT2D eigenvalue weighted by molar-refractivity contribution is 7.89. The fourth-order valence-electron chi connectivity index (χ4n) is 3.55. The Hall–Kier alpha value is -1.68. The molecule has 0 bridgehead atoms. The molecule has 0 aromatic heterocycles. The third-order valence-corrected chi connectivity index (χ3v) is 7.07. The summed E-state index contributed by atoms with van der Waals surface area (Å²) in [5, 5.41) is 2.96. The van der Waals surface area contributed by atoms with Crippen LogP contribution in [0.3, 0.4) is 0 Å². The van der Waals surface area contributed by atoms with Gasteiger partial charge in [-0.15, -0.1) is 0 Å². The molecule has 2 saturated heterocycles. The zero-order valence-electron chi connectivity index (χ0n) is 16.7. The van der Waals surface area contributed by atoms with Gasteiger partial charge in [0, 0.05) is 59.1 Å². The summed E-state index contributed by atoms with van der Waals surface area (Å²) >= 11 is 0. The minimum atomic E-state index is -3.60. The summed E-state index contributed by atoms with van der Waals surface area (Å²) in [6, 6.07) is 4.86. The van der Waals surface area contributed by atoms with Gasteiger partial charge in [0.1, 0.15) is 0 Å². The van der Waals surface area contributed by atoms with Crippen molar-refractivity contribution < 1.29 is 17.9 Å². The molecule has 0 aliphatic carbocycles. The van der Waals surface area contributed by atoms with Crippen molar-refractivity contribution in [3.8, 4) is 0 Å². The molecule has 2 aliphatic heterocycles. The molecule has 2 aliphatic rings. The number of amides is 1. The Balaban J connectivity index is 1.77. The Bertz CT molecular complexity index is 785. The smallest absolute Gasteiger partial charge is 0.253 e. The van der Waals surface area contributed by atoms with E-state index in [2.05, 4.69) is 15.1 Å². The van der Waals surface area contributed by atoms with E-state index in [0.29, 0.717) is 12.1 Å². The Kier molecular flexibility index (Phi) is 6.92. The van der Waals surface area contributed by atoms with Gasteiger partial charge in [-0.25, -0.2) is 12.7 Å². The van der Waals surface area contributed by atoms with Gasteiger partial charge in [-0.1, -0.05) is 0 Å². The third-order valence-electron chi connectivity index (χ3n) is 5.26. The Labute approximate surface area is 167 Å². The van der Waals surface area contributed by atoms with E-state index in [1.54, 1.807) is 12.1 Å². The number of ether oxygens (including phenoxy) is 1. The Morgan fingerprint density at radius 2 is 1.82 bits per heavy atom. The predicted molar refractivity (Wildman–Crippen MR) is 108 cm³/mol. The number of carbonyl (C=O) groups excluding carboxylic acids is 1.